The number of pyridine rings is 1. The molecule has 1 fully saturated rings. The summed E-state index contributed by atoms with van der Waals surface area (Å²) >= 11 is 0. The second-order valence-corrected chi connectivity index (χ2v) is 16.2. The van der Waals surface area contributed by atoms with Gasteiger partial charge in [0, 0.05) is 37.0 Å². The lowest BCUT2D eigenvalue weighted by Crippen LogP contribution is -2.51. The van der Waals surface area contributed by atoms with Gasteiger partial charge in [0.25, 0.3) is 5.56 Å². The number of aryl methyl sites for hydroxylation is 2. The molecule has 2 atom stereocenters. The molecule has 0 radical (unpaired) electrons. The van der Waals surface area contributed by atoms with Crippen LogP contribution in [-0.4, -0.2) is 88.9 Å². The van der Waals surface area contributed by atoms with Gasteiger partial charge < -0.3 is 43.6 Å². The van der Waals surface area contributed by atoms with Gasteiger partial charge in [-0.3, -0.25) is 14.8 Å². The van der Waals surface area contributed by atoms with Crippen LogP contribution in [0.5, 0.6) is 0 Å². The third kappa shape index (κ3) is 10.8. The third-order valence-corrected chi connectivity index (χ3v) is 10.4. The summed E-state index contributed by atoms with van der Waals surface area (Å²) in [5.74, 6) is -2.23. The molecule has 0 bridgehead atoms. The Morgan fingerprint density at radius 1 is 0.758 bits per heavy atom. The highest BCUT2D eigenvalue weighted by Crippen LogP contribution is 2.28. The molecule has 328 valence electrons. The summed E-state index contributed by atoms with van der Waals surface area (Å²) in [5.41, 5.74) is 5.73. The van der Waals surface area contributed by atoms with Gasteiger partial charge in [-0.25, -0.2) is 28.8 Å². The Balaban J connectivity index is 0.000000224. The third-order valence-electron chi connectivity index (χ3n) is 10.4. The Hall–Kier alpha value is -7.11. The summed E-state index contributed by atoms with van der Waals surface area (Å²) in [6.07, 6.45) is 0.902. The second-order valence-electron chi connectivity index (χ2n) is 16.2. The first-order valence-corrected chi connectivity index (χ1v) is 20.0. The number of likely N-dealkylation sites (tertiary alicyclic amines) is 1. The smallest absolute Gasteiger partial charge is 0.417 e. The summed E-state index contributed by atoms with van der Waals surface area (Å²) in [6, 6.07) is 14.3. The van der Waals surface area contributed by atoms with Crippen LogP contribution in [0.3, 0.4) is 0 Å². The molecule has 3 aromatic heterocycles. The van der Waals surface area contributed by atoms with Crippen LogP contribution in [0.1, 0.15) is 67.3 Å². The van der Waals surface area contributed by atoms with E-state index in [1.807, 2.05) is 50.2 Å². The van der Waals surface area contributed by atoms with Crippen molar-refractivity contribution in [2.45, 2.75) is 83.9 Å². The molecular formula is C44H50N6O12. The molecule has 18 nitrogen and oxygen atoms in total. The summed E-state index contributed by atoms with van der Waals surface area (Å²) in [4.78, 5) is 94.9. The normalized spacial score (nSPS) is 14.1. The summed E-state index contributed by atoms with van der Waals surface area (Å²) in [5, 5.41) is 6.28. The average Bonchev–Trinajstić information content (AvgIpc) is 3.80. The predicted octanol–water partition coefficient (Wildman–Crippen LogP) is 4.98. The van der Waals surface area contributed by atoms with Crippen molar-refractivity contribution in [1.82, 2.24) is 30.5 Å². The molecule has 1 saturated heterocycles. The molecule has 0 aliphatic carbocycles. The Kier molecular flexibility index (Phi) is 13.4. The lowest BCUT2D eigenvalue weighted by Gasteiger charge is -2.33. The lowest BCUT2D eigenvalue weighted by molar-refractivity contribution is -0.143. The van der Waals surface area contributed by atoms with E-state index in [2.05, 4.69) is 25.6 Å². The first kappa shape index (κ1) is 44.4. The molecule has 18 heteroatoms. The maximum Gasteiger partial charge on any atom is 0.417 e. The number of hydrogen-bond acceptors (Lipinski definition) is 12. The van der Waals surface area contributed by atoms with Gasteiger partial charge in [0.2, 0.25) is 0 Å². The number of nitrogens with one attached hydrogen (secondary N) is 5. The zero-order valence-corrected chi connectivity index (χ0v) is 35.5. The number of ether oxygens (including phenoxy) is 3. The van der Waals surface area contributed by atoms with Crippen LogP contribution in [0.4, 0.5) is 9.59 Å². The van der Waals surface area contributed by atoms with Crippen molar-refractivity contribution in [2.75, 3.05) is 27.3 Å². The van der Waals surface area contributed by atoms with Gasteiger partial charge in [0.05, 0.1) is 25.3 Å². The number of urea groups is 1. The number of carbonyl (C=O) groups excluding carboxylic acids is 4. The van der Waals surface area contributed by atoms with Gasteiger partial charge in [-0.1, -0.05) is 30.3 Å². The zero-order valence-electron chi connectivity index (χ0n) is 35.5. The number of benzene rings is 3. The molecule has 0 spiro atoms. The number of piperidine rings is 1. The van der Waals surface area contributed by atoms with E-state index in [1.165, 1.54) is 14.2 Å². The maximum atomic E-state index is 13.1. The number of aromatic amines is 3. The molecule has 6 aromatic rings. The number of rotatable bonds is 9. The minimum Gasteiger partial charge on any atom is -0.467 e. The minimum absolute atomic E-state index is 0.0412. The van der Waals surface area contributed by atoms with E-state index < -0.39 is 47.2 Å². The minimum atomic E-state index is -0.928. The molecule has 62 heavy (non-hydrogen) atoms. The van der Waals surface area contributed by atoms with Crippen LogP contribution in [0.2, 0.25) is 0 Å². The number of H-pyrrole nitrogens is 3. The van der Waals surface area contributed by atoms with Gasteiger partial charge in [-0.2, -0.15) is 0 Å². The highest BCUT2D eigenvalue weighted by molar-refractivity contribution is 5.85. The number of para-hydroxylation sites is 1. The van der Waals surface area contributed by atoms with Crippen molar-refractivity contribution in [3.8, 4) is 0 Å². The first-order chi connectivity index (χ1) is 29.4. The SMILES string of the molecule is COC(=O)[C@@H](Cc1cc(C)c2[nH]c(=O)oc2c1)NC(=O)N1CCC(c2cc3ccccc3[nH]c2=O)CC1.COC(=O)[C@@H](Cc1cc(C)c2[nH]c(=O)oc2c1)NC(=O)OC(C)(C)C. The van der Waals surface area contributed by atoms with E-state index in [9.17, 15) is 33.6 Å². The summed E-state index contributed by atoms with van der Waals surface area (Å²) < 4.78 is 25.1. The van der Waals surface area contributed by atoms with Crippen molar-refractivity contribution in [3.05, 3.63) is 114 Å². The number of alkyl carbamates (subject to hydrolysis) is 1. The van der Waals surface area contributed by atoms with Crippen LogP contribution in [0, 0.1) is 13.8 Å². The standard InChI is InChI=1S/C27H28N4O6.C17H22N2O6/c1-15-11-16(13-22-23(15)30-27(35)37-22)12-21(25(33)36-2)29-26(34)31-9-7-17(8-10-31)19-14-18-5-3-4-6-20(18)28-24(19)32;1-9-6-10(8-12-13(9)19-15(21)24-12)7-11(14(20)23-5)18-16(22)25-17(2,3)4/h3-6,11,13-14,17,21H,7-10,12H2,1-2H3,(H,28,32)(H,29,34)(H,30,35);6,8,11H,7H2,1-5H3,(H,18,22)(H,19,21)/t21-;11-/m11/s1. The average molecular weight is 855 g/mol. The Labute approximate surface area is 354 Å². The number of oxazole rings is 2. The van der Waals surface area contributed by atoms with Crippen LogP contribution in [0.25, 0.3) is 33.1 Å². The van der Waals surface area contributed by atoms with E-state index in [1.54, 1.807) is 43.9 Å². The highest BCUT2D eigenvalue weighted by atomic mass is 16.6. The Bertz CT molecular complexity index is 2800. The number of carbonyl (C=O) groups is 4. The molecule has 3 aromatic carbocycles. The predicted molar refractivity (Wildman–Crippen MR) is 228 cm³/mol. The fraction of sp³-hybridized carbons (Fsp3) is 0.386. The molecule has 7 rings (SSSR count). The first-order valence-electron chi connectivity index (χ1n) is 20.0. The maximum absolute atomic E-state index is 13.1. The van der Waals surface area contributed by atoms with E-state index >= 15 is 0 Å². The topological polar surface area (TPSA) is 248 Å². The molecular weight excluding hydrogens is 805 g/mol. The van der Waals surface area contributed by atoms with E-state index in [0.29, 0.717) is 53.7 Å². The van der Waals surface area contributed by atoms with Crippen LogP contribution in [0.15, 0.2) is 77.8 Å². The molecule has 3 amide bonds. The van der Waals surface area contributed by atoms with Crippen molar-refractivity contribution in [1.29, 1.82) is 0 Å². The largest absolute Gasteiger partial charge is 0.467 e. The fourth-order valence-corrected chi connectivity index (χ4v) is 7.52. The number of fused-ring (bicyclic) bond motifs is 3. The number of amides is 3. The van der Waals surface area contributed by atoms with Gasteiger partial charge in [0.15, 0.2) is 11.2 Å². The van der Waals surface area contributed by atoms with Crippen LogP contribution >= 0.6 is 0 Å². The number of hydrogen-bond donors (Lipinski definition) is 5. The van der Waals surface area contributed by atoms with E-state index in [0.717, 1.165) is 33.2 Å². The number of aromatic nitrogens is 3. The van der Waals surface area contributed by atoms with Gasteiger partial charge in [-0.05, 0) is 105 Å². The number of nitrogens with zero attached hydrogens (tertiary/aromatic N) is 1. The number of esters is 2. The molecule has 0 unspecified atom stereocenters. The van der Waals surface area contributed by atoms with E-state index in [4.69, 9.17) is 23.0 Å². The fourth-order valence-electron chi connectivity index (χ4n) is 7.52. The number of methoxy groups -OCH3 is 2. The Morgan fingerprint density at radius 3 is 1.79 bits per heavy atom. The van der Waals surface area contributed by atoms with Crippen molar-refractivity contribution < 1.29 is 42.2 Å². The molecule has 0 saturated carbocycles. The zero-order chi connectivity index (χ0) is 44.9. The van der Waals surface area contributed by atoms with E-state index in [-0.39, 0.29) is 30.3 Å². The quantitative estimate of drug-likeness (QED) is 0.0955. The highest BCUT2D eigenvalue weighted by Gasteiger charge is 2.30. The molecule has 5 N–H and O–H groups in total. The Morgan fingerprint density at radius 2 is 1.27 bits per heavy atom. The second kappa shape index (κ2) is 18.7. The van der Waals surface area contributed by atoms with Gasteiger partial charge in [0.1, 0.15) is 17.7 Å². The summed E-state index contributed by atoms with van der Waals surface area (Å²) in [7, 11) is 2.51. The van der Waals surface area contributed by atoms with Crippen LogP contribution in [-0.2, 0) is 36.6 Å². The molecule has 1 aliphatic heterocycles. The van der Waals surface area contributed by atoms with Crippen molar-refractivity contribution >= 4 is 57.2 Å². The monoisotopic (exact) mass is 854 g/mol. The summed E-state index contributed by atoms with van der Waals surface area (Å²) in [6.45, 7) is 9.73. The van der Waals surface area contributed by atoms with Crippen molar-refractivity contribution in [3.63, 3.8) is 0 Å². The van der Waals surface area contributed by atoms with Crippen molar-refractivity contribution in [2.24, 2.45) is 0 Å². The van der Waals surface area contributed by atoms with Crippen LogP contribution < -0.4 is 27.7 Å². The lowest BCUT2D eigenvalue weighted by atomic mass is 9.89. The molecule has 4 heterocycles. The van der Waals surface area contributed by atoms with Gasteiger partial charge >= 0.3 is 35.6 Å². The molecule has 1 aliphatic rings. The van der Waals surface area contributed by atoms with Gasteiger partial charge in [-0.15, -0.1) is 0 Å².